The number of aromatic nitrogens is 1. The van der Waals surface area contributed by atoms with Crippen LogP contribution in [0.1, 0.15) is 33.3 Å². The molecule has 1 unspecified atom stereocenters. The number of alkyl halides is 2. The Morgan fingerprint density at radius 1 is 1.00 bits per heavy atom. The average Bonchev–Trinajstić information content (AvgIpc) is 3.23. The van der Waals surface area contributed by atoms with Crippen LogP contribution in [-0.2, 0) is 6.54 Å². The molecule has 0 fully saturated rings. The number of nitrogens with one attached hydrogen (secondary N) is 3. The first-order valence-electron chi connectivity index (χ1n) is 10.5. The molecule has 0 radical (unpaired) electrons. The zero-order valence-electron chi connectivity index (χ0n) is 18.9. The highest BCUT2D eigenvalue weighted by atomic mass is 19.2. The zero-order chi connectivity index (χ0) is 25.4. The number of halogens is 3. The van der Waals surface area contributed by atoms with Crippen LogP contribution >= 0.6 is 0 Å². The SMILES string of the molecule is CCNC(=O)c1cc(CNc2cc(F)ccc2C(=O)Nc2ccc3c(c2)OC(F)O3)ccn1.CF. The lowest BCUT2D eigenvalue weighted by Gasteiger charge is -2.13. The lowest BCUT2D eigenvalue weighted by Crippen LogP contribution is -2.23. The number of benzene rings is 2. The van der Waals surface area contributed by atoms with Gasteiger partial charge < -0.3 is 25.4 Å². The second-order valence-corrected chi connectivity index (χ2v) is 7.08. The highest BCUT2D eigenvalue weighted by Gasteiger charge is 2.24. The topological polar surface area (TPSA) is 102 Å². The second-order valence-electron chi connectivity index (χ2n) is 7.08. The molecule has 2 aromatic carbocycles. The molecule has 0 saturated heterocycles. The number of ether oxygens (including phenoxy) is 2. The quantitative estimate of drug-likeness (QED) is 0.455. The lowest BCUT2D eigenvalue weighted by molar-refractivity contribution is -0.0652. The van der Waals surface area contributed by atoms with E-state index in [2.05, 4.69) is 20.9 Å². The summed E-state index contributed by atoms with van der Waals surface area (Å²) in [5.74, 6) is -0.935. The molecule has 3 aromatic rings. The predicted molar refractivity (Wildman–Crippen MR) is 124 cm³/mol. The third-order valence-corrected chi connectivity index (χ3v) is 4.74. The maximum absolute atomic E-state index is 13.9. The molecule has 184 valence electrons. The Kier molecular flexibility index (Phi) is 8.49. The normalized spacial score (nSPS) is 13.3. The fourth-order valence-corrected chi connectivity index (χ4v) is 3.21. The number of rotatable bonds is 7. The van der Waals surface area contributed by atoms with Gasteiger partial charge in [-0.25, -0.2) is 4.39 Å². The number of amides is 2. The first kappa shape index (κ1) is 25.3. The van der Waals surface area contributed by atoms with E-state index in [4.69, 9.17) is 9.47 Å². The Balaban J connectivity index is 0.00000167. The zero-order valence-corrected chi connectivity index (χ0v) is 18.9. The summed E-state index contributed by atoms with van der Waals surface area (Å²) in [5, 5.41) is 8.38. The van der Waals surface area contributed by atoms with E-state index in [1.165, 1.54) is 42.6 Å². The van der Waals surface area contributed by atoms with Gasteiger partial charge in [-0.15, -0.1) is 0 Å². The van der Waals surface area contributed by atoms with Crippen molar-refractivity contribution >= 4 is 23.2 Å². The van der Waals surface area contributed by atoms with E-state index in [-0.39, 0.29) is 40.9 Å². The predicted octanol–water partition coefficient (Wildman–Crippen LogP) is 4.44. The minimum atomic E-state index is -1.89. The Morgan fingerprint density at radius 2 is 1.77 bits per heavy atom. The highest BCUT2D eigenvalue weighted by Crippen LogP contribution is 2.37. The number of pyridine rings is 1. The maximum Gasteiger partial charge on any atom is 0.397 e. The van der Waals surface area contributed by atoms with Crippen molar-refractivity contribution in [2.24, 2.45) is 0 Å². The number of fused-ring (bicyclic) bond motifs is 1. The molecule has 0 saturated carbocycles. The van der Waals surface area contributed by atoms with Crippen molar-refractivity contribution in [2.45, 2.75) is 20.0 Å². The molecule has 0 bridgehead atoms. The van der Waals surface area contributed by atoms with Gasteiger partial charge >= 0.3 is 6.54 Å². The highest BCUT2D eigenvalue weighted by molar-refractivity contribution is 6.08. The number of hydrogen-bond donors (Lipinski definition) is 3. The monoisotopic (exact) mass is 488 g/mol. The summed E-state index contributed by atoms with van der Waals surface area (Å²) >= 11 is 0. The Labute approximate surface area is 199 Å². The summed E-state index contributed by atoms with van der Waals surface area (Å²) in [6, 6.07) is 11.5. The summed E-state index contributed by atoms with van der Waals surface area (Å²) in [6.45, 7) is 0.616. The van der Waals surface area contributed by atoms with Gasteiger partial charge in [-0.2, -0.15) is 4.39 Å². The maximum atomic E-state index is 13.9. The van der Waals surface area contributed by atoms with E-state index >= 15 is 0 Å². The molecule has 0 spiro atoms. The van der Waals surface area contributed by atoms with Crippen LogP contribution < -0.4 is 25.4 Å². The standard InChI is InChI=1S/C23H20F2N4O4.CH3F/c1-2-26-22(31)18-9-13(7-8-27-18)12-28-17-10-14(24)3-5-16(17)21(30)29-15-4-6-19-20(11-15)33-23(25)32-19;1-2/h3-11,23,28H,2,12H2,1H3,(H,26,31)(H,29,30);1H3. The largest absolute Gasteiger partial charge is 0.425 e. The fourth-order valence-electron chi connectivity index (χ4n) is 3.21. The minimum Gasteiger partial charge on any atom is -0.425 e. The summed E-state index contributed by atoms with van der Waals surface area (Å²) in [6.07, 6.45) is 1.50. The van der Waals surface area contributed by atoms with Gasteiger partial charge in [-0.1, -0.05) is 0 Å². The lowest BCUT2D eigenvalue weighted by atomic mass is 10.1. The summed E-state index contributed by atoms with van der Waals surface area (Å²) in [5.41, 5.74) is 1.78. The van der Waals surface area contributed by atoms with Crippen LogP contribution in [0.3, 0.4) is 0 Å². The minimum absolute atomic E-state index is 0.165. The molecule has 1 aliphatic rings. The number of nitrogens with zero attached hydrogens (tertiary/aromatic N) is 1. The molecule has 1 aliphatic heterocycles. The van der Waals surface area contributed by atoms with Gasteiger partial charge in [0.05, 0.1) is 18.4 Å². The number of carbonyl (C=O) groups excluding carboxylic acids is 2. The van der Waals surface area contributed by atoms with Gasteiger partial charge in [-0.3, -0.25) is 19.0 Å². The van der Waals surface area contributed by atoms with Crippen LogP contribution in [0.15, 0.2) is 54.7 Å². The van der Waals surface area contributed by atoms with Crippen molar-refractivity contribution in [1.29, 1.82) is 0 Å². The molecule has 3 N–H and O–H groups in total. The molecule has 11 heteroatoms. The van der Waals surface area contributed by atoms with Crippen LogP contribution in [0.5, 0.6) is 11.5 Å². The van der Waals surface area contributed by atoms with E-state index < -0.39 is 18.3 Å². The summed E-state index contributed by atoms with van der Waals surface area (Å²) < 4.78 is 46.3. The Hall–Kier alpha value is -4.28. The van der Waals surface area contributed by atoms with E-state index in [0.717, 1.165) is 5.56 Å². The average molecular weight is 488 g/mol. The van der Waals surface area contributed by atoms with Crippen LogP contribution in [0.4, 0.5) is 24.5 Å². The van der Waals surface area contributed by atoms with Crippen LogP contribution in [0, 0.1) is 5.82 Å². The van der Waals surface area contributed by atoms with Crippen LogP contribution in [0.25, 0.3) is 0 Å². The molecule has 4 rings (SSSR count). The summed E-state index contributed by atoms with van der Waals surface area (Å²) in [7, 11) is 0.500. The van der Waals surface area contributed by atoms with Gasteiger partial charge in [0, 0.05) is 31.0 Å². The molecule has 2 heterocycles. The molecule has 8 nitrogen and oxygen atoms in total. The third kappa shape index (κ3) is 6.40. The Morgan fingerprint density at radius 3 is 2.54 bits per heavy atom. The molecule has 0 aliphatic carbocycles. The molecule has 1 atom stereocenters. The number of carbonyl (C=O) groups is 2. The van der Waals surface area contributed by atoms with Gasteiger partial charge in [0.1, 0.15) is 11.5 Å². The molecule has 2 amide bonds. The third-order valence-electron chi connectivity index (χ3n) is 4.74. The molecule has 35 heavy (non-hydrogen) atoms. The second kappa shape index (κ2) is 11.7. The van der Waals surface area contributed by atoms with E-state index in [1.807, 2.05) is 0 Å². The van der Waals surface area contributed by atoms with Crippen molar-refractivity contribution in [3.8, 4) is 11.5 Å². The van der Waals surface area contributed by atoms with Crippen molar-refractivity contribution in [1.82, 2.24) is 10.3 Å². The van der Waals surface area contributed by atoms with Crippen molar-refractivity contribution in [3.63, 3.8) is 0 Å². The Bertz CT molecular complexity index is 1210. The van der Waals surface area contributed by atoms with Crippen molar-refractivity contribution in [2.75, 3.05) is 24.4 Å². The first-order valence-corrected chi connectivity index (χ1v) is 10.5. The van der Waals surface area contributed by atoms with E-state index in [0.29, 0.717) is 19.4 Å². The van der Waals surface area contributed by atoms with Gasteiger partial charge in [-0.05, 0) is 55.0 Å². The van der Waals surface area contributed by atoms with Crippen molar-refractivity contribution in [3.05, 3.63) is 77.4 Å². The van der Waals surface area contributed by atoms with Gasteiger partial charge in [0.15, 0.2) is 11.5 Å². The van der Waals surface area contributed by atoms with Gasteiger partial charge in [0.25, 0.3) is 11.8 Å². The van der Waals surface area contributed by atoms with E-state index in [1.54, 1.807) is 19.1 Å². The number of hydrogen-bond acceptors (Lipinski definition) is 6. The molecule has 1 aromatic heterocycles. The molecular formula is C24H23F3N4O4. The smallest absolute Gasteiger partial charge is 0.397 e. The first-order chi connectivity index (χ1) is 16.9. The van der Waals surface area contributed by atoms with E-state index in [9.17, 15) is 22.8 Å². The van der Waals surface area contributed by atoms with Crippen LogP contribution in [-0.4, -0.2) is 37.1 Å². The summed E-state index contributed by atoms with van der Waals surface area (Å²) in [4.78, 5) is 28.9. The van der Waals surface area contributed by atoms with Gasteiger partial charge in [0.2, 0.25) is 0 Å². The number of anilines is 2. The molecular weight excluding hydrogens is 465 g/mol. The fraction of sp³-hybridized carbons (Fsp3) is 0.208. The van der Waals surface area contributed by atoms with Crippen molar-refractivity contribution < 1.29 is 32.2 Å². The van der Waals surface area contributed by atoms with Crippen LogP contribution in [0.2, 0.25) is 0 Å².